The highest BCUT2D eigenvalue weighted by molar-refractivity contribution is 5.87. The number of hydrogen-bond acceptors (Lipinski definition) is 2. The molecule has 2 amide bonds. The Morgan fingerprint density at radius 3 is 2.55 bits per heavy atom. The van der Waals surface area contributed by atoms with Crippen molar-refractivity contribution in [3.8, 4) is 0 Å². The van der Waals surface area contributed by atoms with Gasteiger partial charge in [0.15, 0.2) is 0 Å². The van der Waals surface area contributed by atoms with Crippen molar-refractivity contribution in [1.29, 1.82) is 0 Å². The van der Waals surface area contributed by atoms with Crippen LogP contribution in [0.2, 0.25) is 0 Å². The van der Waals surface area contributed by atoms with E-state index in [-0.39, 0.29) is 35.9 Å². The molecular formula is C25H28FN3O2. The van der Waals surface area contributed by atoms with Crippen LogP contribution in [0.5, 0.6) is 0 Å². The molecule has 1 aliphatic heterocycles. The van der Waals surface area contributed by atoms with Gasteiger partial charge in [0, 0.05) is 55.0 Å². The van der Waals surface area contributed by atoms with Gasteiger partial charge in [-0.05, 0) is 49.1 Å². The number of carbonyl (C=O) groups is 2. The molecule has 3 aromatic rings. The minimum Gasteiger partial charge on any atom is -0.369 e. The van der Waals surface area contributed by atoms with Gasteiger partial charge in [-0.1, -0.05) is 30.3 Å². The van der Waals surface area contributed by atoms with Gasteiger partial charge in [-0.2, -0.15) is 0 Å². The number of primary amides is 1. The maximum Gasteiger partial charge on any atom is 0.223 e. The molecule has 6 heteroatoms. The fourth-order valence-corrected chi connectivity index (χ4v) is 4.66. The minimum absolute atomic E-state index is 0.0190. The van der Waals surface area contributed by atoms with Crippen molar-refractivity contribution < 1.29 is 14.0 Å². The number of nitrogens with two attached hydrogens (primary N) is 1. The van der Waals surface area contributed by atoms with Crippen molar-refractivity contribution in [2.24, 2.45) is 11.7 Å². The lowest BCUT2D eigenvalue weighted by molar-refractivity contribution is -0.135. The third-order valence-corrected chi connectivity index (χ3v) is 6.42. The van der Waals surface area contributed by atoms with Crippen LogP contribution in [0.3, 0.4) is 0 Å². The van der Waals surface area contributed by atoms with Crippen molar-refractivity contribution in [3.63, 3.8) is 0 Å². The second-order valence-corrected chi connectivity index (χ2v) is 8.26. The highest BCUT2D eigenvalue weighted by Gasteiger charge is 2.29. The molecule has 1 fully saturated rings. The SMILES string of the molecule is CCn1cc(C(CC(=O)N2CCC(C(N)=O)CC2)c2cccc(F)c2)c2ccccc21. The van der Waals surface area contributed by atoms with Crippen molar-refractivity contribution in [2.75, 3.05) is 13.1 Å². The van der Waals surface area contributed by atoms with Gasteiger partial charge in [0.05, 0.1) is 0 Å². The first kappa shape index (κ1) is 21.1. The molecule has 31 heavy (non-hydrogen) atoms. The zero-order chi connectivity index (χ0) is 22.0. The molecule has 1 aromatic heterocycles. The number of hydrogen-bond donors (Lipinski definition) is 1. The monoisotopic (exact) mass is 421 g/mol. The van der Waals surface area contributed by atoms with Crippen LogP contribution < -0.4 is 5.73 Å². The summed E-state index contributed by atoms with van der Waals surface area (Å²) in [6.07, 6.45) is 3.54. The lowest BCUT2D eigenvalue weighted by atomic mass is 9.87. The van der Waals surface area contributed by atoms with Gasteiger partial charge in [-0.3, -0.25) is 9.59 Å². The molecule has 0 saturated carbocycles. The van der Waals surface area contributed by atoms with Crippen LogP contribution in [0.4, 0.5) is 4.39 Å². The minimum atomic E-state index is -0.309. The van der Waals surface area contributed by atoms with E-state index in [4.69, 9.17) is 5.73 Å². The average Bonchev–Trinajstić information content (AvgIpc) is 3.16. The van der Waals surface area contributed by atoms with Gasteiger partial charge in [-0.15, -0.1) is 0 Å². The predicted molar refractivity (Wildman–Crippen MR) is 119 cm³/mol. The van der Waals surface area contributed by atoms with Gasteiger partial charge >= 0.3 is 0 Å². The molecule has 1 atom stereocenters. The van der Waals surface area contributed by atoms with E-state index in [1.54, 1.807) is 6.07 Å². The molecule has 1 aliphatic rings. The summed E-state index contributed by atoms with van der Waals surface area (Å²) in [7, 11) is 0. The highest BCUT2D eigenvalue weighted by atomic mass is 19.1. The Balaban J connectivity index is 1.67. The number of benzene rings is 2. The van der Waals surface area contributed by atoms with E-state index in [1.165, 1.54) is 12.1 Å². The van der Waals surface area contributed by atoms with E-state index in [1.807, 2.05) is 23.1 Å². The summed E-state index contributed by atoms with van der Waals surface area (Å²) in [5, 5.41) is 1.08. The number of likely N-dealkylation sites (tertiary alicyclic amines) is 1. The number of para-hydroxylation sites is 1. The average molecular weight is 422 g/mol. The molecular weight excluding hydrogens is 393 g/mol. The topological polar surface area (TPSA) is 68.3 Å². The van der Waals surface area contributed by atoms with Crippen LogP contribution in [0, 0.1) is 11.7 Å². The summed E-state index contributed by atoms with van der Waals surface area (Å²) in [6, 6.07) is 14.7. The number of amides is 2. The zero-order valence-electron chi connectivity index (χ0n) is 17.8. The van der Waals surface area contributed by atoms with E-state index >= 15 is 0 Å². The Morgan fingerprint density at radius 1 is 1.13 bits per heavy atom. The smallest absolute Gasteiger partial charge is 0.223 e. The van der Waals surface area contributed by atoms with Crippen LogP contribution in [0.1, 0.15) is 43.2 Å². The summed E-state index contributed by atoms with van der Waals surface area (Å²) in [6.45, 7) is 3.95. The number of rotatable bonds is 6. The summed E-state index contributed by atoms with van der Waals surface area (Å²) >= 11 is 0. The fraction of sp³-hybridized carbons (Fsp3) is 0.360. The molecule has 162 valence electrons. The lowest BCUT2D eigenvalue weighted by Crippen LogP contribution is -2.42. The first-order valence-electron chi connectivity index (χ1n) is 10.9. The van der Waals surface area contributed by atoms with Crippen molar-refractivity contribution in [3.05, 3.63) is 71.7 Å². The largest absolute Gasteiger partial charge is 0.369 e. The third-order valence-electron chi connectivity index (χ3n) is 6.42. The second kappa shape index (κ2) is 8.92. The van der Waals surface area contributed by atoms with Crippen molar-refractivity contribution >= 4 is 22.7 Å². The fourth-order valence-electron chi connectivity index (χ4n) is 4.66. The van der Waals surface area contributed by atoms with Gasteiger partial charge in [-0.25, -0.2) is 4.39 Å². The number of fused-ring (bicyclic) bond motifs is 1. The lowest BCUT2D eigenvalue weighted by Gasteiger charge is -2.31. The molecule has 2 heterocycles. The molecule has 2 N–H and O–H groups in total. The number of nitrogens with zero attached hydrogens (tertiary/aromatic N) is 2. The molecule has 0 spiro atoms. The van der Waals surface area contributed by atoms with Crippen molar-refractivity contribution in [2.45, 2.75) is 38.6 Å². The number of aromatic nitrogens is 1. The predicted octanol–water partition coefficient (Wildman–Crippen LogP) is 4.05. The number of piperidine rings is 1. The summed E-state index contributed by atoms with van der Waals surface area (Å²) in [5.41, 5.74) is 8.35. The highest BCUT2D eigenvalue weighted by Crippen LogP contribution is 2.36. The maximum atomic E-state index is 14.1. The Hall–Kier alpha value is -3.15. The summed E-state index contributed by atoms with van der Waals surface area (Å²) < 4.78 is 16.3. The van der Waals surface area contributed by atoms with E-state index in [2.05, 4.69) is 29.8 Å². The third kappa shape index (κ3) is 4.33. The molecule has 0 aliphatic carbocycles. The molecule has 5 nitrogen and oxygen atoms in total. The van der Waals surface area contributed by atoms with Gasteiger partial charge in [0.25, 0.3) is 0 Å². The normalized spacial score (nSPS) is 15.9. The Labute approximate surface area is 181 Å². The van der Waals surface area contributed by atoms with Crippen LogP contribution in [0.15, 0.2) is 54.7 Å². The zero-order valence-corrected chi connectivity index (χ0v) is 17.8. The van der Waals surface area contributed by atoms with Gasteiger partial charge < -0.3 is 15.2 Å². The second-order valence-electron chi connectivity index (χ2n) is 8.26. The molecule has 0 bridgehead atoms. The van der Waals surface area contributed by atoms with E-state index in [9.17, 15) is 14.0 Å². The van der Waals surface area contributed by atoms with Crippen LogP contribution in [0.25, 0.3) is 10.9 Å². The number of aryl methyl sites for hydroxylation is 1. The maximum absolute atomic E-state index is 14.1. The van der Waals surface area contributed by atoms with Gasteiger partial charge in [0.2, 0.25) is 11.8 Å². The van der Waals surface area contributed by atoms with Crippen LogP contribution in [-0.4, -0.2) is 34.4 Å². The van der Waals surface area contributed by atoms with E-state index in [0.29, 0.717) is 25.9 Å². The van der Waals surface area contributed by atoms with Crippen molar-refractivity contribution in [1.82, 2.24) is 9.47 Å². The molecule has 4 rings (SSSR count). The molecule has 1 saturated heterocycles. The molecule has 0 radical (unpaired) electrons. The number of halogens is 1. The Kier molecular flexibility index (Phi) is 6.07. The quantitative estimate of drug-likeness (QED) is 0.653. The van der Waals surface area contributed by atoms with Crippen LogP contribution >= 0.6 is 0 Å². The van der Waals surface area contributed by atoms with E-state index < -0.39 is 0 Å². The first-order chi connectivity index (χ1) is 15.0. The Bertz CT molecular complexity index is 1100. The summed E-state index contributed by atoms with van der Waals surface area (Å²) in [4.78, 5) is 26.5. The van der Waals surface area contributed by atoms with Gasteiger partial charge in [0.1, 0.15) is 5.82 Å². The standard InChI is InChI=1S/C25H28FN3O2/c1-2-28-16-22(20-8-3-4-9-23(20)28)21(18-6-5-7-19(26)14-18)15-24(30)29-12-10-17(11-13-29)25(27)31/h3-9,14,16-17,21H,2,10-13,15H2,1H3,(H2,27,31). The first-order valence-corrected chi connectivity index (χ1v) is 10.9. The summed E-state index contributed by atoms with van der Waals surface area (Å²) in [5.74, 6) is -1.00. The number of carbonyl (C=O) groups excluding carboxylic acids is 2. The molecule has 1 unspecified atom stereocenters. The molecule has 2 aromatic carbocycles. The Morgan fingerprint density at radius 2 is 1.87 bits per heavy atom. The van der Waals surface area contributed by atoms with E-state index in [0.717, 1.165) is 28.6 Å². The van der Waals surface area contributed by atoms with Crippen LogP contribution in [-0.2, 0) is 16.1 Å².